The van der Waals surface area contributed by atoms with E-state index in [1.807, 2.05) is 0 Å². The third-order valence-electron chi connectivity index (χ3n) is 2.75. The lowest BCUT2D eigenvalue weighted by atomic mass is 10.2. The quantitative estimate of drug-likeness (QED) is 0.781. The van der Waals surface area contributed by atoms with Gasteiger partial charge in [0.1, 0.15) is 18.2 Å². The van der Waals surface area contributed by atoms with Gasteiger partial charge in [0.2, 0.25) is 0 Å². The number of halogens is 1. The average molecular weight is 288 g/mol. The minimum atomic E-state index is -0.352. The van der Waals surface area contributed by atoms with Crippen LogP contribution < -0.4 is 4.74 Å². The SMILES string of the molecule is CC(C)OC(=O)c1ccc(OCc2ccc(F)cc2)cc1. The summed E-state index contributed by atoms with van der Waals surface area (Å²) in [6, 6.07) is 12.9. The van der Waals surface area contributed by atoms with E-state index in [1.54, 1.807) is 50.2 Å². The summed E-state index contributed by atoms with van der Waals surface area (Å²) in [6.45, 7) is 3.95. The van der Waals surface area contributed by atoms with Gasteiger partial charge in [-0.2, -0.15) is 0 Å². The van der Waals surface area contributed by atoms with Gasteiger partial charge in [-0.25, -0.2) is 9.18 Å². The third kappa shape index (κ3) is 4.60. The van der Waals surface area contributed by atoms with Crippen LogP contribution in [0.15, 0.2) is 48.5 Å². The zero-order valence-corrected chi connectivity index (χ0v) is 12.0. The van der Waals surface area contributed by atoms with Crippen LogP contribution in [0.2, 0.25) is 0 Å². The van der Waals surface area contributed by atoms with E-state index < -0.39 is 0 Å². The Hall–Kier alpha value is -2.36. The highest BCUT2D eigenvalue weighted by Crippen LogP contribution is 2.15. The summed E-state index contributed by atoms with van der Waals surface area (Å²) in [4.78, 5) is 11.7. The molecule has 0 saturated heterocycles. The zero-order valence-electron chi connectivity index (χ0n) is 12.0. The molecule has 3 nitrogen and oxygen atoms in total. The smallest absolute Gasteiger partial charge is 0.338 e. The Morgan fingerprint density at radius 2 is 1.67 bits per heavy atom. The van der Waals surface area contributed by atoms with E-state index in [1.165, 1.54) is 12.1 Å². The van der Waals surface area contributed by atoms with Crippen molar-refractivity contribution in [1.29, 1.82) is 0 Å². The zero-order chi connectivity index (χ0) is 15.2. The molecule has 0 N–H and O–H groups in total. The molecule has 0 atom stereocenters. The predicted molar refractivity (Wildman–Crippen MR) is 77.7 cm³/mol. The molecule has 0 unspecified atom stereocenters. The van der Waals surface area contributed by atoms with Crippen LogP contribution in [0.5, 0.6) is 5.75 Å². The van der Waals surface area contributed by atoms with Crippen LogP contribution in [0.3, 0.4) is 0 Å². The molecule has 0 aromatic heterocycles. The minimum Gasteiger partial charge on any atom is -0.489 e. The molecule has 110 valence electrons. The molecule has 2 aromatic carbocycles. The van der Waals surface area contributed by atoms with Crippen molar-refractivity contribution in [2.45, 2.75) is 26.6 Å². The lowest BCUT2D eigenvalue weighted by Gasteiger charge is -2.09. The molecule has 0 amide bonds. The van der Waals surface area contributed by atoms with Gasteiger partial charge in [-0.1, -0.05) is 12.1 Å². The van der Waals surface area contributed by atoms with Crippen LogP contribution in [0.4, 0.5) is 4.39 Å². The molecule has 0 bridgehead atoms. The lowest BCUT2D eigenvalue weighted by molar-refractivity contribution is 0.0378. The molecule has 0 radical (unpaired) electrons. The Morgan fingerprint density at radius 1 is 1.05 bits per heavy atom. The fraction of sp³-hybridized carbons (Fsp3) is 0.235. The van der Waals surface area contributed by atoms with Crippen LogP contribution in [-0.4, -0.2) is 12.1 Å². The van der Waals surface area contributed by atoms with Crippen molar-refractivity contribution in [3.05, 3.63) is 65.5 Å². The second-order valence-corrected chi connectivity index (χ2v) is 4.89. The van der Waals surface area contributed by atoms with Crippen molar-refractivity contribution in [1.82, 2.24) is 0 Å². The summed E-state index contributed by atoms with van der Waals surface area (Å²) in [7, 11) is 0. The molecule has 0 aliphatic rings. The highest BCUT2D eigenvalue weighted by atomic mass is 19.1. The van der Waals surface area contributed by atoms with E-state index in [-0.39, 0.29) is 17.9 Å². The lowest BCUT2D eigenvalue weighted by Crippen LogP contribution is -2.11. The van der Waals surface area contributed by atoms with E-state index >= 15 is 0 Å². The molecule has 0 aliphatic heterocycles. The normalized spacial score (nSPS) is 10.5. The highest BCUT2D eigenvalue weighted by molar-refractivity contribution is 5.89. The van der Waals surface area contributed by atoms with Gasteiger partial charge in [0.15, 0.2) is 0 Å². The maximum atomic E-state index is 12.8. The first kappa shape index (κ1) is 15.0. The number of carbonyl (C=O) groups is 1. The first-order valence-corrected chi connectivity index (χ1v) is 6.73. The van der Waals surface area contributed by atoms with E-state index in [9.17, 15) is 9.18 Å². The number of rotatable bonds is 5. The van der Waals surface area contributed by atoms with Crippen LogP contribution in [-0.2, 0) is 11.3 Å². The molecule has 21 heavy (non-hydrogen) atoms. The Labute approximate surface area is 123 Å². The third-order valence-corrected chi connectivity index (χ3v) is 2.75. The van der Waals surface area contributed by atoms with Crippen LogP contribution in [0, 0.1) is 5.82 Å². The molecule has 2 rings (SSSR count). The highest BCUT2D eigenvalue weighted by Gasteiger charge is 2.08. The fourth-order valence-corrected chi connectivity index (χ4v) is 1.72. The van der Waals surface area contributed by atoms with Gasteiger partial charge in [0.25, 0.3) is 0 Å². The molecule has 4 heteroatoms. The van der Waals surface area contributed by atoms with Crippen molar-refractivity contribution in [2.24, 2.45) is 0 Å². The minimum absolute atomic E-state index is 0.146. The topological polar surface area (TPSA) is 35.5 Å². The fourth-order valence-electron chi connectivity index (χ4n) is 1.72. The molecule has 0 fully saturated rings. The van der Waals surface area contributed by atoms with Gasteiger partial charge in [-0.3, -0.25) is 0 Å². The molecule has 0 saturated carbocycles. The second-order valence-electron chi connectivity index (χ2n) is 4.89. The van der Waals surface area contributed by atoms with Crippen molar-refractivity contribution in [3.8, 4) is 5.75 Å². The molecule has 0 heterocycles. The molecule has 2 aromatic rings. The monoisotopic (exact) mass is 288 g/mol. The Bertz CT molecular complexity index is 588. The largest absolute Gasteiger partial charge is 0.489 e. The number of esters is 1. The van der Waals surface area contributed by atoms with Crippen molar-refractivity contribution < 1.29 is 18.7 Å². The number of carbonyl (C=O) groups excluding carboxylic acids is 1. The second kappa shape index (κ2) is 6.88. The molecule has 0 aliphatic carbocycles. The van der Waals surface area contributed by atoms with Gasteiger partial charge in [0.05, 0.1) is 11.7 Å². The number of hydrogen-bond acceptors (Lipinski definition) is 3. The summed E-state index contributed by atoms with van der Waals surface area (Å²) in [6.07, 6.45) is -0.146. The van der Waals surface area contributed by atoms with E-state index in [2.05, 4.69) is 0 Å². The first-order chi connectivity index (χ1) is 10.0. The molecular weight excluding hydrogens is 271 g/mol. The molecular formula is C17H17FO3. The average Bonchev–Trinajstić information content (AvgIpc) is 2.46. The number of ether oxygens (including phenoxy) is 2. The number of benzene rings is 2. The molecule has 0 spiro atoms. The van der Waals surface area contributed by atoms with Crippen LogP contribution >= 0.6 is 0 Å². The Morgan fingerprint density at radius 3 is 2.24 bits per heavy atom. The van der Waals surface area contributed by atoms with Crippen molar-refractivity contribution >= 4 is 5.97 Å². The summed E-state index contributed by atoms with van der Waals surface area (Å²) < 4.78 is 23.5. The van der Waals surface area contributed by atoms with Gasteiger partial charge in [-0.05, 0) is 55.8 Å². The van der Waals surface area contributed by atoms with Crippen LogP contribution in [0.25, 0.3) is 0 Å². The first-order valence-electron chi connectivity index (χ1n) is 6.73. The summed E-state index contributed by atoms with van der Waals surface area (Å²) in [5.74, 6) is 0.0160. The maximum Gasteiger partial charge on any atom is 0.338 e. The van der Waals surface area contributed by atoms with E-state index in [0.717, 1.165) is 5.56 Å². The summed E-state index contributed by atoms with van der Waals surface area (Å²) >= 11 is 0. The van der Waals surface area contributed by atoms with E-state index in [4.69, 9.17) is 9.47 Å². The van der Waals surface area contributed by atoms with Crippen LogP contribution in [0.1, 0.15) is 29.8 Å². The van der Waals surface area contributed by atoms with Gasteiger partial charge < -0.3 is 9.47 Å². The number of hydrogen-bond donors (Lipinski definition) is 0. The van der Waals surface area contributed by atoms with E-state index in [0.29, 0.717) is 17.9 Å². The van der Waals surface area contributed by atoms with Crippen molar-refractivity contribution in [3.63, 3.8) is 0 Å². The van der Waals surface area contributed by atoms with Crippen molar-refractivity contribution in [2.75, 3.05) is 0 Å². The predicted octanol–water partition coefficient (Wildman–Crippen LogP) is 3.97. The Balaban J connectivity index is 1.93. The summed E-state index contributed by atoms with van der Waals surface area (Å²) in [5, 5.41) is 0. The van der Waals surface area contributed by atoms with Gasteiger partial charge in [-0.15, -0.1) is 0 Å². The van der Waals surface area contributed by atoms with Gasteiger partial charge in [0, 0.05) is 0 Å². The van der Waals surface area contributed by atoms with Gasteiger partial charge >= 0.3 is 5.97 Å². The maximum absolute atomic E-state index is 12.8. The standard InChI is InChI=1S/C17H17FO3/c1-12(2)21-17(19)14-5-9-16(10-6-14)20-11-13-3-7-15(18)8-4-13/h3-10,12H,11H2,1-2H3. The summed E-state index contributed by atoms with van der Waals surface area (Å²) in [5.41, 5.74) is 1.36. The Kier molecular flexibility index (Phi) is 4.93.